The van der Waals surface area contributed by atoms with Crippen LogP contribution in [0.1, 0.15) is 27.7 Å². The molecule has 200 valence electrons. The predicted molar refractivity (Wildman–Crippen MR) is 150 cm³/mol. The highest BCUT2D eigenvalue weighted by Crippen LogP contribution is 2.32. The molecule has 5 aromatic rings. The Morgan fingerprint density at radius 2 is 1.75 bits per heavy atom. The first-order chi connectivity index (χ1) is 19.4. The van der Waals surface area contributed by atoms with E-state index < -0.39 is 23.9 Å². The van der Waals surface area contributed by atoms with Gasteiger partial charge in [0.2, 0.25) is 0 Å². The average Bonchev–Trinajstić information content (AvgIpc) is 3.36. The van der Waals surface area contributed by atoms with Gasteiger partial charge in [0.15, 0.2) is 6.23 Å². The Bertz CT molecular complexity index is 1730. The van der Waals surface area contributed by atoms with E-state index in [1.165, 1.54) is 43.8 Å². The summed E-state index contributed by atoms with van der Waals surface area (Å²) in [6, 6.07) is 20.1. The van der Waals surface area contributed by atoms with Crippen LogP contribution in [-0.2, 0) is 16.6 Å². The van der Waals surface area contributed by atoms with Crippen molar-refractivity contribution in [1.29, 1.82) is 0 Å². The number of amides is 1. The number of benzene rings is 3. The second-order valence-corrected chi connectivity index (χ2v) is 9.03. The monoisotopic (exact) mass is 536 g/mol. The van der Waals surface area contributed by atoms with Crippen LogP contribution in [0.3, 0.4) is 0 Å². The molecule has 40 heavy (non-hydrogen) atoms. The van der Waals surface area contributed by atoms with Crippen molar-refractivity contribution >= 4 is 34.5 Å². The van der Waals surface area contributed by atoms with Gasteiger partial charge in [0.05, 0.1) is 30.7 Å². The van der Waals surface area contributed by atoms with Gasteiger partial charge >= 0.3 is 5.97 Å². The molecule has 0 fully saturated rings. The summed E-state index contributed by atoms with van der Waals surface area (Å²) >= 11 is 0. The van der Waals surface area contributed by atoms with Crippen molar-refractivity contribution in [3.63, 3.8) is 0 Å². The first-order valence-corrected chi connectivity index (χ1v) is 12.3. The van der Waals surface area contributed by atoms with Gasteiger partial charge in [-0.2, -0.15) is 5.10 Å². The predicted octanol–water partition coefficient (Wildman–Crippen LogP) is 5.30. The van der Waals surface area contributed by atoms with Gasteiger partial charge in [0.1, 0.15) is 5.82 Å². The minimum atomic E-state index is -1.68. The molecule has 0 bridgehead atoms. The number of carbonyl (C=O) groups excluding carboxylic acids is 2. The number of anilines is 1. The summed E-state index contributed by atoms with van der Waals surface area (Å²) in [5, 5.41) is 16.6. The first-order valence-electron chi connectivity index (χ1n) is 12.3. The van der Waals surface area contributed by atoms with E-state index >= 15 is 4.39 Å². The van der Waals surface area contributed by atoms with Crippen LogP contribution in [-0.4, -0.2) is 38.9 Å². The van der Waals surface area contributed by atoms with Crippen molar-refractivity contribution < 1.29 is 23.8 Å². The molecule has 0 spiro atoms. The summed E-state index contributed by atoms with van der Waals surface area (Å²) in [6.07, 6.45) is 5.60. The van der Waals surface area contributed by atoms with Crippen LogP contribution in [0.2, 0.25) is 0 Å². The number of aryl methyl sites for hydroxylation is 1. The van der Waals surface area contributed by atoms with Crippen molar-refractivity contribution in [2.75, 3.05) is 12.0 Å². The Kier molecular flexibility index (Phi) is 7.48. The molecule has 0 aliphatic heterocycles. The molecule has 1 N–H and O–H groups in total. The number of esters is 1. The molecule has 9 heteroatoms. The lowest BCUT2D eigenvalue weighted by Crippen LogP contribution is -2.35. The zero-order valence-electron chi connectivity index (χ0n) is 21.7. The minimum Gasteiger partial charge on any atom is -0.466 e. The SMILES string of the molecule is COC(=O)C=Cc1cncc(N(C(=O)c2ccccc2)C(O)c2ccc(-c3ccc4c(cnn4C)c3)cc2F)c1. The average molecular weight is 537 g/mol. The molecular weight excluding hydrogens is 511 g/mol. The van der Waals surface area contributed by atoms with Crippen LogP contribution in [0.25, 0.3) is 28.1 Å². The summed E-state index contributed by atoms with van der Waals surface area (Å²) in [7, 11) is 3.11. The van der Waals surface area contributed by atoms with Gasteiger partial charge in [-0.25, -0.2) is 9.18 Å². The zero-order chi connectivity index (χ0) is 28.2. The summed E-state index contributed by atoms with van der Waals surface area (Å²) in [5.74, 6) is -1.81. The third kappa shape index (κ3) is 5.36. The molecule has 2 aromatic heterocycles. The molecule has 1 amide bonds. The van der Waals surface area contributed by atoms with Crippen LogP contribution in [0.4, 0.5) is 10.1 Å². The largest absolute Gasteiger partial charge is 0.466 e. The molecule has 0 aliphatic carbocycles. The molecule has 2 heterocycles. The number of halogens is 1. The molecule has 0 aliphatic rings. The number of nitrogens with zero attached hydrogens (tertiary/aromatic N) is 4. The van der Waals surface area contributed by atoms with Gasteiger partial charge in [-0.05, 0) is 59.2 Å². The normalized spacial score (nSPS) is 12.0. The van der Waals surface area contributed by atoms with Crippen molar-refractivity contribution in [3.8, 4) is 11.1 Å². The molecule has 8 nitrogen and oxygen atoms in total. The van der Waals surface area contributed by atoms with Gasteiger partial charge in [-0.15, -0.1) is 0 Å². The molecule has 1 atom stereocenters. The topological polar surface area (TPSA) is 97.6 Å². The summed E-state index contributed by atoms with van der Waals surface area (Å²) in [5.41, 5.74) is 3.22. The van der Waals surface area contributed by atoms with E-state index in [-0.39, 0.29) is 11.3 Å². The van der Waals surface area contributed by atoms with Crippen molar-refractivity contribution in [2.45, 2.75) is 6.23 Å². The maximum Gasteiger partial charge on any atom is 0.330 e. The van der Waals surface area contributed by atoms with Gasteiger partial charge in [-0.3, -0.25) is 19.4 Å². The van der Waals surface area contributed by atoms with Crippen LogP contribution < -0.4 is 4.90 Å². The highest BCUT2D eigenvalue weighted by atomic mass is 19.1. The maximum absolute atomic E-state index is 15.6. The highest BCUT2D eigenvalue weighted by molar-refractivity contribution is 6.06. The third-order valence-electron chi connectivity index (χ3n) is 6.48. The van der Waals surface area contributed by atoms with Crippen molar-refractivity contribution in [1.82, 2.24) is 14.8 Å². The van der Waals surface area contributed by atoms with E-state index in [0.29, 0.717) is 16.7 Å². The smallest absolute Gasteiger partial charge is 0.330 e. The number of hydrogen-bond acceptors (Lipinski definition) is 6. The van der Waals surface area contributed by atoms with E-state index in [1.807, 2.05) is 25.2 Å². The van der Waals surface area contributed by atoms with E-state index in [1.54, 1.807) is 53.3 Å². The number of pyridine rings is 1. The summed E-state index contributed by atoms with van der Waals surface area (Å²) in [4.78, 5) is 30.4. The summed E-state index contributed by atoms with van der Waals surface area (Å²) in [6.45, 7) is 0. The molecular formula is C31H25FN4O4. The van der Waals surface area contributed by atoms with Crippen molar-refractivity contribution in [2.24, 2.45) is 7.05 Å². The Morgan fingerprint density at radius 1 is 1.00 bits per heavy atom. The molecule has 3 aromatic carbocycles. The van der Waals surface area contributed by atoms with Crippen LogP contribution in [0, 0.1) is 5.82 Å². The Labute approximate surface area is 229 Å². The molecule has 1 unspecified atom stereocenters. The van der Waals surface area contributed by atoms with Gasteiger partial charge in [0.25, 0.3) is 5.91 Å². The van der Waals surface area contributed by atoms with Crippen LogP contribution >= 0.6 is 0 Å². The third-order valence-corrected chi connectivity index (χ3v) is 6.48. The zero-order valence-corrected chi connectivity index (χ0v) is 21.7. The number of ether oxygens (including phenoxy) is 1. The van der Waals surface area contributed by atoms with Crippen molar-refractivity contribution in [3.05, 3.63) is 120 Å². The fraction of sp³-hybridized carbons (Fsp3) is 0.0968. The number of carbonyl (C=O) groups is 2. The molecule has 0 radical (unpaired) electrons. The first kappa shape index (κ1) is 26.5. The standard InChI is InChI=1S/C31H25FN4O4/c1-35-28-12-10-22(15-24(28)18-34-35)23-9-11-26(27(32)16-23)31(39)36(30(38)21-6-4-3-5-7-21)25-14-20(17-33-19-25)8-13-29(37)40-2/h3-19,31,39H,1-2H3. The number of aliphatic hydroxyl groups is 1. The number of methoxy groups -OCH3 is 1. The quantitative estimate of drug-likeness (QED) is 0.172. The van der Waals surface area contributed by atoms with E-state index in [4.69, 9.17) is 0 Å². The second kappa shape index (κ2) is 11.3. The van der Waals surface area contributed by atoms with Gasteiger partial charge in [0, 0.05) is 35.8 Å². The van der Waals surface area contributed by atoms with Gasteiger partial charge < -0.3 is 9.84 Å². The number of hydrogen-bond donors (Lipinski definition) is 1. The molecule has 0 saturated carbocycles. The number of rotatable bonds is 7. The lowest BCUT2D eigenvalue weighted by molar-refractivity contribution is -0.134. The molecule has 0 saturated heterocycles. The molecule has 5 rings (SSSR count). The summed E-state index contributed by atoms with van der Waals surface area (Å²) < 4.78 is 22.0. The maximum atomic E-state index is 15.6. The van der Waals surface area contributed by atoms with E-state index in [0.717, 1.165) is 21.4 Å². The fourth-order valence-electron chi connectivity index (χ4n) is 4.39. The number of aliphatic hydroxyl groups excluding tert-OH is 1. The van der Waals surface area contributed by atoms with E-state index in [2.05, 4.69) is 14.8 Å². The van der Waals surface area contributed by atoms with Crippen LogP contribution in [0.15, 0.2) is 97.5 Å². The fourth-order valence-corrected chi connectivity index (χ4v) is 4.39. The lowest BCUT2D eigenvalue weighted by Gasteiger charge is -2.29. The number of aromatic nitrogens is 3. The Morgan fingerprint density at radius 3 is 2.50 bits per heavy atom. The Balaban J connectivity index is 1.53. The minimum absolute atomic E-state index is 0.0917. The lowest BCUT2D eigenvalue weighted by atomic mass is 10.0. The second-order valence-electron chi connectivity index (χ2n) is 9.03. The van der Waals surface area contributed by atoms with Crippen LogP contribution in [0.5, 0.6) is 0 Å². The Hall–Kier alpha value is -5.15. The van der Waals surface area contributed by atoms with E-state index in [9.17, 15) is 14.7 Å². The van der Waals surface area contributed by atoms with Gasteiger partial charge in [-0.1, -0.05) is 36.4 Å². The highest BCUT2D eigenvalue weighted by Gasteiger charge is 2.29. The number of fused-ring (bicyclic) bond motifs is 1.